The fourth-order valence-corrected chi connectivity index (χ4v) is 2.48. The van der Waals surface area contributed by atoms with Crippen molar-refractivity contribution in [1.29, 1.82) is 0 Å². The van der Waals surface area contributed by atoms with Crippen molar-refractivity contribution in [3.05, 3.63) is 40.4 Å². The van der Waals surface area contributed by atoms with Crippen LogP contribution in [0.25, 0.3) is 10.9 Å². The Kier molecular flexibility index (Phi) is 4.99. The lowest BCUT2D eigenvalue weighted by molar-refractivity contribution is 0.526. The predicted octanol–water partition coefficient (Wildman–Crippen LogP) is 2.15. The summed E-state index contributed by atoms with van der Waals surface area (Å²) in [6, 6.07) is 7.82. The first-order valence-corrected chi connectivity index (χ1v) is 7.80. The number of aromatic nitrogens is 2. The van der Waals surface area contributed by atoms with Gasteiger partial charge in [-0.25, -0.2) is 4.98 Å². The number of rotatable bonds is 6. The van der Waals surface area contributed by atoms with Crippen LogP contribution in [0.15, 0.2) is 29.1 Å². The highest BCUT2D eigenvalue weighted by molar-refractivity contribution is 7.98. The molecule has 0 aliphatic rings. The molecule has 1 aromatic carbocycles. The van der Waals surface area contributed by atoms with E-state index in [0.29, 0.717) is 23.8 Å². The highest BCUT2D eigenvalue weighted by Gasteiger charge is 2.05. The Labute approximate surface area is 117 Å². The van der Waals surface area contributed by atoms with Gasteiger partial charge in [0.05, 0.1) is 17.4 Å². The van der Waals surface area contributed by atoms with E-state index in [1.807, 2.05) is 30.0 Å². The number of para-hydroxylation sites is 1. The standard InChI is InChI=1S/C14H19N3OS/c1-10(7-8-19-2)15-9-13-16-12-6-4-3-5-11(12)14(18)17-13/h3-6,10,15H,7-9H2,1-2H3,(H,16,17,18). The highest BCUT2D eigenvalue weighted by Crippen LogP contribution is 2.06. The molecule has 1 aromatic heterocycles. The summed E-state index contributed by atoms with van der Waals surface area (Å²) in [6.07, 6.45) is 3.22. The molecular formula is C14H19N3OS. The summed E-state index contributed by atoms with van der Waals surface area (Å²) in [7, 11) is 0. The number of aromatic amines is 1. The molecule has 1 atom stereocenters. The van der Waals surface area contributed by atoms with Crippen molar-refractivity contribution in [3.8, 4) is 0 Å². The molecule has 0 fully saturated rings. The van der Waals surface area contributed by atoms with Crippen LogP contribution in [0.4, 0.5) is 0 Å². The lowest BCUT2D eigenvalue weighted by Gasteiger charge is -2.12. The van der Waals surface area contributed by atoms with Crippen LogP contribution in [-0.4, -0.2) is 28.0 Å². The zero-order valence-corrected chi connectivity index (χ0v) is 12.1. The van der Waals surface area contributed by atoms with Crippen molar-refractivity contribution < 1.29 is 0 Å². The summed E-state index contributed by atoms with van der Waals surface area (Å²) in [4.78, 5) is 19.2. The lowest BCUT2D eigenvalue weighted by Crippen LogP contribution is -2.28. The lowest BCUT2D eigenvalue weighted by atomic mass is 10.2. The first-order chi connectivity index (χ1) is 9.20. The molecule has 2 rings (SSSR count). The monoisotopic (exact) mass is 277 g/mol. The second-order valence-corrected chi connectivity index (χ2v) is 5.58. The molecule has 19 heavy (non-hydrogen) atoms. The van der Waals surface area contributed by atoms with Gasteiger partial charge in [0.15, 0.2) is 0 Å². The van der Waals surface area contributed by atoms with Crippen LogP contribution in [0.1, 0.15) is 19.2 Å². The first-order valence-electron chi connectivity index (χ1n) is 6.41. The number of H-pyrrole nitrogens is 1. The van der Waals surface area contributed by atoms with Gasteiger partial charge >= 0.3 is 0 Å². The molecule has 0 saturated carbocycles. The third-order valence-corrected chi connectivity index (χ3v) is 3.68. The van der Waals surface area contributed by atoms with Gasteiger partial charge in [0, 0.05) is 6.04 Å². The zero-order valence-electron chi connectivity index (χ0n) is 11.3. The first kappa shape index (κ1) is 14.1. The van der Waals surface area contributed by atoms with E-state index in [9.17, 15) is 4.79 Å². The van der Waals surface area contributed by atoms with Crippen molar-refractivity contribution in [3.63, 3.8) is 0 Å². The molecule has 1 unspecified atom stereocenters. The summed E-state index contributed by atoms with van der Waals surface area (Å²) in [5.41, 5.74) is 0.680. The molecule has 0 aliphatic carbocycles. The van der Waals surface area contributed by atoms with Gasteiger partial charge in [0.2, 0.25) is 0 Å². The minimum Gasteiger partial charge on any atom is -0.309 e. The fourth-order valence-electron chi connectivity index (χ4n) is 1.89. The maximum Gasteiger partial charge on any atom is 0.258 e. The Balaban J connectivity index is 2.07. The molecule has 4 nitrogen and oxygen atoms in total. The Hall–Kier alpha value is -1.33. The van der Waals surface area contributed by atoms with Crippen LogP contribution < -0.4 is 10.9 Å². The maximum atomic E-state index is 11.9. The molecular weight excluding hydrogens is 258 g/mol. The van der Waals surface area contributed by atoms with Gasteiger partial charge in [-0.05, 0) is 37.5 Å². The summed E-state index contributed by atoms with van der Waals surface area (Å²) < 4.78 is 0. The minimum atomic E-state index is -0.0702. The third-order valence-electron chi connectivity index (χ3n) is 3.03. The van der Waals surface area contributed by atoms with E-state index in [1.165, 1.54) is 0 Å². The number of hydrogen-bond donors (Lipinski definition) is 2. The normalized spacial score (nSPS) is 12.7. The van der Waals surface area contributed by atoms with E-state index in [1.54, 1.807) is 6.07 Å². The number of benzene rings is 1. The van der Waals surface area contributed by atoms with E-state index in [0.717, 1.165) is 17.7 Å². The van der Waals surface area contributed by atoms with E-state index in [4.69, 9.17) is 0 Å². The molecule has 0 saturated heterocycles. The van der Waals surface area contributed by atoms with Crippen molar-refractivity contribution in [2.75, 3.05) is 12.0 Å². The van der Waals surface area contributed by atoms with Gasteiger partial charge in [-0.1, -0.05) is 12.1 Å². The van der Waals surface area contributed by atoms with Gasteiger partial charge in [0.25, 0.3) is 5.56 Å². The van der Waals surface area contributed by atoms with Crippen LogP contribution in [0.2, 0.25) is 0 Å². The summed E-state index contributed by atoms with van der Waals surface area (Å²) in [6.45, 7) is 2.74. The zero-order chi connectivity index (χ0) is 13.7. The number of fused-ring (bicyclic) bond motifs is 1. The third kappa shape index (κ3) is 3.81. The van der Waals surface area contributed by atoms with Crippen LogP contribution in [0, 0.1) is 0 Å². The molecule has 0 aliphatic heterocycles. The van der Waals surface area contributed by atoms with E-state index < -0.39 is 0 Å². The van der Waals surface area contributed by atoms with Gasteiger partial charge in [-0.2, -0.15) is 11.8 Å². The Morgan fingerprint density at radius 2 is 2.21 bits per heavy atom. The second kappa shape index (κ2) is 6.73. The van der Waals surface area contributed by atoms with E-state index in [2.05, 4.69) is 28.5 Å². The van der Waals surface area contributed by atoms with Crippen molar-refractivity contribution >= 4 is 22.7 Å². The smallest absolute Gasteiger partial charge is 0.258 e. The second-order valence-electron chi connectivity index (χ2n) is 4.59. The Bertz CT molecular complexity index is 597. The molecule has 2 N–H and O–H groups in total. The molecule has 5 heteroatoms. The number of nitrogens with one attached hydrogen (secondary N) is 2. The van der Waals surface area contributed by atoms with Crippen molar-refractivity contribution in [1.82, 2.24) is 15.3 Å². The van der Waals surface area contributed by atoms with Gasteiger partial charge in [-0.15, -0.1) is 0 Å². The van der Waals surface area contributed by atoms with Crippen LogP contribution in [-0.2, 0) is 6.54 Å². The fraction of sp³-hybridized carbons (Fsp3) is 0.429. The molecule has 0 bridgehead atoms. The maximum absolute atomic E-state index is 11.9. The van der Waals surface area contributed by atoms with Gasteiger partial charge in [-0.3, -0.25) is 4.79 Å². The van der Waals surface area contributed by atoms with Crippen LogP contribution in [0.3, 0.4) is 0 Å². The molecule has 102 valence electrons. The van der Waals surface area contributed by atoms with Gasteiger partial charge < -0.3 is 10.3 Å². The number of hydrogen-bond acceptors (Lipinski definition) is 4. The average Bonchev–Trinajstić information content (AvgIpc) is 2.43. The predicted molar refractivity (Wildman–Crippen MR) is 81.7 cm³/mol. The Morgan fingerprint density at radius 3 is 3.00 bits per heavy atom. The minimum absolute atomic E-state index is 0.0702. The summed E-state index contributed by atoms with van der Waals surface area (Å²) in [5.74, 6) is 1.83. The number of nitrogens with zero attached hydrogens (tertiary/aromatic N) is 1. The Morgan fingerprint density at radius 1 is 1.42 bits per heavy atom. The van der Waals surface area contributed by atoms with Crippen molar-refractivity contribution in [2.45, 2.75) is 25.9 Å². The molecule has 0 amide bonds. The van der Waals surface area contributed by atoms with Crippen molar-refractivity contribution in [2.24, 2.45) is 0 Å². The summed E-state index contributed by atoms with van der Waals surface area (Å²) in [5, 5.41) is 4.02. The average molecular weight is 277 g/mol. The topological polar surface area (TPSA) is 57.8 Å². The van der Waals surface area contributed by atoms with E-state index >= 15 is 0 Å². The quantitative estimate of drug-likeness (QED) is 0.849. The SMILES string of the molecule is CSCCC(C)NCc1nc2ccccc2c(=O)[nH]1. The highest BCUT2D eigenvalue weighted by atomic mass is 32.2. The molecule has 1 heterocycles. The largest absolute Gasteiger partial charge is 0.309 e. The van der Waals surface area contributed by atoms with Gasteiger partial charge in [0.1, 0.15) is 5.82 Å². The van der Waals surface area contributed by atoms with Crippen LogP contribution in [0.5, 0.6) is 0 Å². The molecule has 0 radical (unpaired) electrons. The van der Waals surface area contributed by atoms with Crippen LogP contribution >= 0.6 is 11.8 Å². The van der Waals surface area contributed by atoms with E-state index in [-0.39, 0.29) is 5.56 Å². The number of thioether (sulfide) groups is 1. The molecule has 0 spiro atoms. The summed E-state index contributed by atoms with van der Waals surface area (Å²) >= 11 is 1.84. The molecule has 2 aromatic rings.